The highest BCUT2D eigenvalue weighted by molar-refractivity contribution is 7.89. The number of halogens is 1. The first-order chi connectivity index (χ1) is 11.9. The topological polar surface area (TPSA) is 66.5 Å². The zero-order valence-electron chi connectivity index (χ0n) is 13.8. The van der Waals surface area contributed by atoms with Crippen molar-refractivity contribution in [2.45, 2.75) is 24.7 Å². The number of aryl methyl sites for hydroxylation is 1. The molecule has 0 unspecified atom stereocenters. The Morgan fingerprint density at radius 1 is 1.08 bits per heavy atom. The molecule has 5 nitrogen and oxygen atoms in total. The molecule has 132 valence electrons. The van der Waals surface area contributed by atoms with Crippen LogP contribution in [0.15, 0.2) is 47.4 Å². The molecule has 25 heavy (non-hydrogen) atoms. The second kappa shape index (κ2) is 7.15. The van der Waals surface area contributed by atoms with Gasteiger partial charge in [-0.2, -0.15) is 4.31 Å². The van der Waals surface area contributed by atoms with Gasteiger partial charge in [-0.15, -0.1) is 0 Å². The molecule has 0 spiro atoms. The molecule has 3 rings (SSSR count). The van der Waals surface area contributed by atoms with Gasteiger partial charge in [0.25, 0.3) is 5.91 Å². The minimum atomic E-state index is -3.46. The Bertz CT molecular complexity index is 889. The van der Waals surface area contributed by atoms with Gasteiger partial charge in [-0.1, -0.05) is 11.6 Å². The fourth-order valence-electron chi connectivity index (χ4n) is 2.82. The minimum absolute atomic E-state index is 0.216. The molecule has 2 aromatic rings. The van der Waals surface area contributed by atoms with Gasteiger partial charge in [0.05, 0.1) is 4.90 Å². The highest BCUT2D eigenvalue weighted by Crippen LogP contribution is 2.23. The summed E-state index contributed by atoms with van der Waals surface area (Å²) in [5.74, 6) is -0.296. The van der Waals surface area contributed by atoms with Crippen LogP contribution in [-0.4, -0.2) is 31.7 Å². The van der Waals surface area contributed by atoms with E-state index in [4.69, 9.17) is 11.6 Å². The van der Waals surface area contributed by atoms with Gasteiger partial charge >= 0.3 is 0 Å². The lowest BCUT2D eigenvalue weighted by atomic mass is 10.1. The molecule has 0 atom stereocenters. The summed E-state index contributed by atoms with van der Waals surface area (Å²) in [6.07, 6.45) is 1.78. The fraction of sp³-hybridized carbons (Fsp3) is 0.278. The number of benzene rings is 2. The molecule has 0 aliphatic carbocycles. The maximum absolute atomic E-state index is 12.5. The van der Waals surface area contributed by atoms with E-state index in [0.29, 0.717) is 29.4 Å². The van der Waals surface area contributed by atoms with Gasteiger partial charge in [0.1, 0.15) is 0 Å². The SMILES string of the molecule is Cc1cc(Cl)ccc1NC(=O)c1ccc(S(=O)(=O)N2CCCC2)cc1. The van der Waals surface area contributed by atoms with Gasteiger partial charge in [0, 0.05) is 29.4 Å². The van der Waals surface area contributed by atoms with Gasteiger partial charge in [0.2, 0.25) is 10.0 Å². The Kier molecular flexibility index (Phi) is 5.13. The van der Waals surface area contributed by atoms with Crippen molar-refractivity contribution >= 4 is 33.2 Å². The molecule has 2 aromatic carbocycles. The fourth-order valence-corrected chi connectivity index (χ4v) is 4.56. The van der Waals surface area contributed by atoms with Gasteiger partial charge in [-0.3, -0.25) is 4.79 Å². The smallest absolute Gasteiger partial charge is 0.255 e. The van der Waals surface area contributed by atoms with Crippen LogP contribution in [0.4, 0.5) is 5.69 Å². The third-order valence-corrected chi connectivity index (χ3v) is 6.40. The van der Waals surface area contributed by atoms with Crippen LogP contribution in [0.3, 0.4) is 0 Å². The van der Waals surface area contributed by atoms with E-state index >= 15 is 0 Å². The molecule has 0 aromatic heterocycles. The van der Waals surface area contributed by atoms with Crippen molar-refractivity contribution in [3.8, 4) is 0 Å². The lowest BCUT2D eigenvalue weighted by molar-refractivity contribution is 0.102. The first kappa shape index (κ1) is 17.9. The van der Waals surface area contributed by atoms with Gasteiger partial charge in [0.15, 0.2) is 0 Å². The number of nitrogens with one attached hydrogen (secondary N) is 1. The summed E-state index contributed by atoms with van der Waals surface area (Å²) in [6.45, 7) is 2.97. The van der Waals surface area contributed by atoms with Crippen molar-refractivity contribution in [1.29, 1.82) is 0 Å². The Morgan fingerprint density at radius 2 is 1.72 bits per heavy atom. The van der Waals surface area contributed by atoms with Crippen molar-refractivity contribution in [2.75, 3.05) is 18.4 Å². The van der Waals surface area contributed by atoms with E-state index < -0.39 is 10.0 Å². The van der Waals surface area contributed by atoms with Gasteiger partial charge in [-0.05, 0) is 67.8 Å². The van der Waals surface area contributed by atoms with Crippen LogP contribution >= 0.6 is 11.6 Å². The molecule has 0 bridgehead atoms. The Balaban J connectivity index is 1.76. The first-order valence-corrected chi connectivity index (χ1v) is 9.87. The average Bonchev–Trinajstić information content (AvgIpc) is 3.13. The molecular weight excluding hydrogens is 360 g/mol. The number of sulfonamides is 1. The minimum Gasteiger partial charge on any atom is -0.322 e. The van der Waals surface area contributed by atoms with E-state index in [1.54, 1.807) is 18.2 Å². The number of nitrogens with zero attached hydrogens (tertiary/aromatic N) is 1. The summed E-state index contributed by atoms with van der Waals surface area (Å²) >= 11 is 5.91. The zero-order chi connectivity index (χ0) is 18.0. The Morgan fingerprint density at radius 3 is 2.32 bits per heavy atom. The molecular formula is C18H19ClN2O3S. The van der Waals surface area contributed by atoms with Gasteiger partial charge in [-0.25, -0.2) is 8.42 Å². The highest BCUT2D eigenvalue weighted by atomic mass is 35.5. The molecule has 1 heterocycles. The number of amides is 1. The molecule has 1 saturated heterocycles. The summed E-state index contributed by atoms with van der Waals surface area (Å²) in [4.78, 5) is 12.6. The Hall–Kier alpha value is -1.89. The van der Waals surface area contributed by atoms with E-state index in [0.717, 1.165) is 18.4 Å². The standard InChI is InChI=1S/C18H19ClN2O3S/c1-13-12-15(19)6-9-17(13)20-18(22)14-4-7-16(8-5-14)25(23,24)21-10-2-3-11-21/h4-9,12H,2-3,10-11H2,1H3,(H,20,22). The van der Waals surface area contributed by atoms with E-state index in [-0.39, 0.29) is 10.8 Å². The van der Waals surface area contributed by atoms with Gasteiger partial charge < -0.3 is 5.32 Å². The average molecular weight is 379 g/mol. The maximum atomic E-state index is 12.5. The number of hydrogen-bond donors (Lipinski definition) is 1. The van der Waals surface area contributed by atoms with Crippen LogP contribution in [0.1, 0.15) is 28.8 Å². The molecule has 1 N–H and O–H groups in total. The summed E-state index contributed by atoms with van der Waals surface area (Å²) in [5, 5.41) is 3.41. The monoisotopic (exact) mass is 378 g/mol. The maximum Gasteiger partial charge on any atom is 0.255 e. The van der Waals surface area contributed by atoms with Crippen molar-refractivity contribution in [2.24, 2.45) is 0 Å². The molecule has 0 saturated carbocycles. The molecule has 1 aliphatic heterocycles. The first-order valence-electron chi connectivity index (χ1n) is 8.05. The number of carbonyl (C=O) groups is 1. The number of carbonyl (C=O) groups excluding carboxylic acids is 1. The lowest BCUT2D eigenvalue weighted by Gasteiger charge is -2.15. The van der Waals surface area contributed by atoms with E-state index in [9.17, 15) is 13.2 Å². The number of hydrogen-bond acceptors (Lipinski definition) is 3. The van der Waals surface area contributed by atoms with E-state index in [2.05, 4.69) is 5.32 Å². The molecule has 0 radical (unpaired) electrons. The normalized spacial score (nSPS) is 15.3. The predicted molar refractivity (Wildman–Crippen MR) is 98.6 cm³/mol. The zero-order valence-corrected chi connectivity index (χ0v) is 15.4. The summed E-state index contributed by atoms with van der Waals surface area (Å²) in [6, 6.07) is 11.2. The molecule has 7 heteroatoms. The van der Waals surface area contributed by atoms with Crippen molar-refractivity contribution < 1.29 is 13.2 Å². The van der Waals surface area contributed by atoms with Crippen LogP contribution in [0.5, 0.6) is 0 Å². The van der Waals surface area contributed by atoms with Crippen molar-refractivity contribution in [3.63, 3.8) is 0 Å². The largest absolute Gasteiger partial charge is 0.322 e. The third kappa shape index (κ3) is 3.86. The lowest BCUT2D eigenvalue weighted by Crippen LogP contribution is -2.27. The highest BCUT2D eigenvalue weighted by Gasteiger charge is 2.27. The molecule has 1 amide bonds. The summed E-state index contributed by atoms with van der Waals surface area (Å²) < 4.78 is 26.5. The predicted octanol–water partition coefficient (Wildman–Crippen LogP) is 3.69. The second-order valence-corrected chi connectivity index (χ2v) is 8.42. The third-order valence-electron chi connectivity index (χ3n) is 4.26. The Labute approximate surface area is 152 Å². The van der Waals surface area contributed by atoms with Crippen LogP contribution in [-0.2, 0) is 10.0 Å². The number of rotatable bonds is 4. The van der Waals surface area contributed by atoms with E-state index in [1.165, 1.54) is 28.6 Å². The molecule has 1 aliphatic rings. The van der Waals surface area contributed by atoms with Crippen molar-refractivity contribution in [3.05, 3.63) is 58.6 Å². The van der Waals surface area contributed by atoms with E-state index in [1.807, 2.05) is 6.92 Å². The summed E-state index contributed by atoms with van der Waals surface area (Å²) in [7, 11) is -3.46. The van der Waals surface area contributed by atoms with Crippen LogP contribution in [0.25, 0.3) is 0 Å². The second-order valence-electron chi connectivity index (χ2n) is 6.05. The van der Waals surface area contributed by atoms with Crippen LogP contribution in [0.2, 0.25) is 5.02 Å². The quantitative estimate of drug-likeness (QED) is 0.882. The van der Waals surface area contributed by atoms with Crippen LogP contribution in [0, 0.1) is 6.92 Å². The van der Waals surface area contributed by atoms with Crippen molar-refractivity contribution in [1.82, 2.24) is 4.31 Å². The number of anilines is 1. The summed E-state index contributed by atoms with van der Waals surface area (Å²) in [5.41, 5.74) is 1.92. The molecule has 1 fully saturated rings. The van der Waals surface area contributed by atoms with Crippen LogP contribution < -0.4 is 5.32 Å².